The van der Waals surface area contributed by atoms with Crippen LogP contribution in [0.5, 0.6) is 0 Å². The Morgan fingerprint density at radius 3 is 2.91 bits per heavy atom. The molecule has 64 valence electrons. The zero-order chi connectivity index (χ0) is 8.10. The molecule has 0 atom stereocenters. The van der Waals surface area contributed by atoms with Crippen LogP contribution in [0.15, 0.2) is 11.6 Å². The van der Waals surface area contributed by atoms with Crippen LogP contribution in [0.3, 0.4) is 0 Å². The highest BCUT2D eigenvalue weighted by Crippen LogP contribution is 2.29. The molecule has 0 spiro atoms. The minimum Gasteiger partial charge on any atom is -0.378 e. The van der Waals surface area contributed by atoms with Crippen LogP contribution in [0.1, 0.15) is 26.2 Å². The largest absolute Gasteiger partial charge is 0.378 e. The molecule has 0 amide bonds. The zero-order valence-electron chi connectivity index (χ0n) is 7.18. The fraction of sp³-hybridized carbons (Fsp3) is 0.778. The molecule has 0 aromatic heterocycles. The van der Waals surface area contributed by atoms with Crippen LogP contribution in [0.4, 0.5) is 0 Å². The maximum Gasteiger partial charge on any atom is 0.0649 e. The van der Waals surface area contributed by atoms with Gasteiger partial charge in [-0.15, -0.1) is 0 Å². The molecule has 1 saturated carbocycles. The molecule has 0 aromatic rings. The van der Waals surface area contributed by atoms with Crippen molar-refractivity contribution < 1.29 is 4.74 Å². The maximum absolute atomic E-state index is 5.42. The molecule has 0 aromatic carbocycles. The van der Waals surface area contributed by atoms with E-state index in [1.807, 2.05) is 6.92 Å². The van der Waals surface area contributed by atoms with Crippen molar-refractivity contribution in [3.05, 3.63) is 11.6 Å². The first-order valence-electron chi connectivity index (χ1n) is 4.36. The van der Waals surface area contributed by atoms with Gasteiger partial charge in [-0.2, -0.15) is 0 Å². The van der Waals surface area contributed by atoms with E-state index in [1.54, 1.807) is 0 Å². The van der Waals surface area contributed by atoms with E-state index < -0.39 is 0 Å². The summed E-state index contributed by atoms with van der Waals surface area (Å²) in [7, 11) is 0. The average Bonchev–Trinajstić information content (AvgIpc) is 1.94. The van der Waals surface area contributed by atoms with Crippen molar-refractivity contribution in [3.63, 3.8) is 0 Å². The Kier molecular flexibility index (Phi) is 3.60. The molecule has 11 heavy (non-hydrogen) atoms. The summed E-state index contributed by atoms with van der Waals surface area (Å²) in [6, 6.07) is 0. The van der Waals surface area contributed by atoms with Gasteiger partial charge in [0.05, 0.1) is 6.10 Å². The van der Waals surface area contributed by atoms with Gasteiger partial charge in [0.2, 0.25) is 0 Å². The summed E-state index contributed by atoms with van der Waals surface area (Å²) in [5.41, 5.74) is 6.90. The maximum atomic E-state index is 5.42. The minimum absolute atomic E-state index is 0.504. The molecule has 0 radical (unpaired) electrons. The quantitative estimate of drug-likeness (QED) is 0.624. The van der Waals surface area contributed by atoms with Crippen molar-refractivity contribution in [2.45, 2.75) is 32.3 Å². The summed E-state index contributed by atoms with van der Waals surface area (Å²) in [6.45, 7) is 3.65. The van der Waals surface area contributed by atoms with Crippen molar-refractivity contribution in [3.8, 4) is 0 Å². The van der Waals surface area contributed by atoms with Gasteiger partial charge in [0.25, 0.3) is 0 Å². The summed E-state index contributed by atoms with van der Waals surface area (Å²) < 4.78 is 5.42. The number of hydrogen-bond acceptors (Lipinski definition) is 2. The Balaban J connectivity index is 2.08. The average molecular weight is 155 g/mol. The van der Waals surface area contributed by atoms with Crippen molar-refractivity contribution in [2.24, 2.45) is 5.73 Å². The van der Waals surface area contributed by atoms with Gasteiger partial charge in [0.1, 0.15) is 0 Å². The predicted molar refractivity (Wildman–Crippen MR) is 46.4 cm³/mol. The van der Waals surface area contributed by atoms with Crippen molar-refractivity contribution in [2.75, 3.05) is 13.2 Å². The van der Waals surface area contributed by atoms with E-state index in [-0.39, 0.29) is 0 Å². The molecule has 2 heteroatoms. The fourth-order valence-electron chi connectivity index (χ4n) is 1.33. The molecule has 0 saturated heterocycles. The summed E-state index contributed by atoms with van der Waals surface area (Å²) in [4.78, 5) is 0. The molecular weight excluding hydrogens is 138 g/mol. The third-order valence-electron chi connectivity index (χ3n) is 1.98. The number of hydrogen-bond donors (Lipinski definition) is 1. The Bertz CT molecular complexity index is 134. The first kappa shape index (κ1) is 8.75. The lowest BCUT2D eigenvalue weighted by Crippen LogP contribution is -2.24. The first-order chi connectivity index (χ1) is 5.36. The van der Waals surface area contributed by atoms with Crippen molar-refractivity contribution in [1.29, 1.82) is 0 Å². The van der Waals surface area contributed by atoms with E-state index in [0.29, 0.717) is 6.10 Å². The number of rotatable bonds is 4. The van der Waals surface area contributed by atoms with E-state index in [9.17, 15) is 0 Å². The van der Waals surface area contributed by atoms with Crippen LogP contribution in [-0.2, 0) is 4.74 Å². The zero-order valence-corrected chi connectivity index (χ0v) is 7.18. The first-order valence-corrected chi connectivity index (χ1v) is 4.36. The van der Waals surface area contributed by atoms with E-state index in [2.05, 4.69) is 6.08 Å². The SMILES string of the molecule is CCOC1CC(=CCCN)C1. The lowest BCUT2D eigenvalue weighted by Gasteiger charge is -2.28. The third kappa shape index (κ3) is 2.64. The number of nitrogens with two attached hydrogens (primary N) is 1. The molecule has 1 rings (SSSR count). The van der Waals surface area contributed by atoms with E-state index in [0.717, 1.165) is 32.4 Å². The third-order valence-corrected chi connectivity index (χ3v) is 1.98. The summed E-state index contributed by atoms with van der Waals surface area (Å²) in [5, 5.41) is 0. The predicted octanol–water partition coefficient (Wildman–Crippen LogP) is 1.46. The highest BCUT2D eigenvalue weighted by molar-refractivity contribution is 5.14. The molecule has 0 unspecified atom stereocenters. The van der Waals surface area contributed by atoms with Crippen molar-refractivity contribution >= 4 is 0 Å². The Hall–Kier alpha value is -0.340. The van der Waals surface area contributed by atoms with Gasteiger partial charge in [-0.3, -0.25) is 0 Å². The second-order valence-corrected chi connectivity index (χ2v) is 2.93. The fourth-order valence-corrected chi connectivity index (χ4v) is 1.33. The Morgan fingerprint density at radius 2 is 2.36 bits per heavy atom. The van der Waals surface area contributed by atoms with E-state index in [1.165, 1.54) is 5.57 Å². The molecule has 1 fully saturated rings. The monoisotopic (exact) mass is 155 g/mol. The second-order valence-electron chi connectivity index (χ2n) is 2.93. The second kappa shape index (κ2) is 4.52. The lowest BCUT2D eigenvalue weighted by molar-refractivity contribution is 0.0368. The molecule has 1 aliphatic carbocycles. The lowest BCUT2D eigenvalue weighted by atomic mass is 9.88. The minimum atomic E-state index is 0.504. The van der Waals surface area contributed by atoms with Crippen LogP contribution >= 0.6 is 0 Å². The van der Waals surface area contributed by atoms with Gasteiger partial charge in [-0.25, -0.2) is 0 Å². The Labute approximate surface area is 68.4 Å². The normalized spacial score (nSPS) is 23.1. The van der Waals surface area contributed by atoms with E-state index in [4.69, 9.17) is 10.5 Å². The summed E-state index contributed by atoms with van der Waals surface area (Å²) >= 11 is 0. The Morgan fingerprint density at radius 1 is 1.64 bits per heavy atom. The summed E-state index contributed by atoms with van der Waals surface area (Å²) in [5.74, 6) is 0. The van der Waals surface area contributed by atoms with Crippen LogP contribution in [-0.4, -0.2) is 19.3 Å². The topological polar surface area (TPSA) is 35.2 Å². The van der Waals surface area contributed by atoms with Gasteiger partial charge < -0.3 is 10.5 Å². The standard InChI is InChI=1S/C9H17NO/c1-2-11-9-6-8(7-9)4-3-5-10/h4,9H,2-3,5-7,10H2,1H3. The van der Waals surface area contributed by atoms with Gasteiger partial charge in [0, 0.05) is 6.61 Å². The number of ether oxygens (including phenoxy) is 1. The van der Waals surface area contributed by atoms with Gasteiger partial charge in [-0.1, -0.05) is 11.6 Å². The highest BCUT2D eigenvalue weighted by atomic mass is 16.5. The van der Waals surface area contributed by atoms with Crippen LogP contribution in [0.2, 0.25) is 0 Å². The van der Waals surface area contributed by atoms with Gasteiger partial charge in [-0.05, 0) is 32.7 Å². The molecule has 0 bridgehead atoms. The molecule has 0 aliphatic heterocycles. The highest BCUT2D eigenvalue weighted by Gasteiger charge is 2.22. The summed E-state index contributed by atoms with van der Waals surface area (Å²) in [6.07, 6.45) is 6.04. The molecular formula is C9H17NO. The molecule has 1 aliphatic rings. The van der Waals surface area contributed by atoms with Crippen LogP contribution in [0, 0.1) is 0 Å². The van der Waals surface area contributed by atoms with Gasteiger partial charge >= 0.3 is 0 Å². The smallest absolute Gasteiger partial charge is 0.0649 e. The van der Waals surface area contributed by atoms with Crippen LogP contribution < -0.4 is 5.73 Å². The molecule has 2 N–H and O–H groups in total. The molecule has 2 nitrogen and oxygen atoms in total. The molecule has 0 heterocycles. The van der Waals surface area contributed by atoms with E-state index >= 15 is 0 Å². The van der Waals surface area contributed by atoms with Crippen molar-refractivity contribution in [1.82, 2.24) is 0 Å². The van der Waals surface area contributed by atoms with Crippen LogP contribution in [0.25, 0.3) is 0 Å². The van der Waals surface area contributed by atoms with Gasteiger partial charge in [0.15, 0.2) is 0 Å².